The maximum absolute atomic E-state index is 14.9. The molecule has 1 atom stereocenters. The molecule has 5 aromatic rings. The first-order valence-electron chi connectivity index (χ1n) is 12.2. The van der Waals surface area contributed by atoms with E-state index < -0.39 is 47.0 Å². The highest BCUT2D eigenvalue weighted by atomic mass is 35.5. The quantitative estimate of drug-likeness (QED) is 0.115. The Bertz CT molecular complexity index is 1760. The van der Waals surface area contributed by atoms with Crippen LogP contribution in [0.2, 0.25) is 5.02 Å². The molecule has 0 amide bonds. The minimum Gasteiger partial charge on any atom is -0.618 e. The van der Waals surface area contributed by atoms with Crippen LogP contribution in [0.4, 0.5) is 22.0 Å². The number of hydrogen-bond donors (Lipinski definition) is 1. The van der Waals surface area contributed by atoms with E-state index >= 15 is 0 Å². The van der Waals surface area contributed by atoms with Gasteiger partial charge >= 0.3 is 12.5 Å². The Labute approximate surface area is 239 Å². The molecule has 0 bridgehead atoms. The van der Waals surface area contributed by atoms with Gasteiger partial charge in [-0.15, -0.1) is 0 Å². The third-order valence-corrected chi connectivity index (χ3v) is 6.88. The number of hydrogen-bond acceptors (Lipinski definition) is 4. The molecule has 0 unspecified atom stereocenters. The van der Waals surface area contributed by atoms with Crippen LogP contribution in [-0.2, 0) is 6.42 Å². The van der Waals surface area contributed by atoms with Crippen molar-refractivity contribution in [1.82, 2.24) is 19.6 Å². The summed E-state index contributed by atoms with van der Waals surface area (Å²) in [7, 11) is 0. The molecule has 14 heteroatoms. The van der Waals surface area contributed by atoms with Crippen molar-refractivity contribution in [3.8, 4) is 22.3 Å². The summed E-state index contributed by atoms with van der Waals surface area (Å²) in [6.45, 7) is -2.89. The van der Waals surface area contributed by atoms with Crippen molar-refractivity contribution < 1.29 is 36.6 Å². The van der Waals surface area contributed by atoms with Crippen molar-refractivity contribution in [1.29, 1.82) is 0 Å². The van der Waals surface area contributed by atoms with Crippen LogP contribution >= 0.6 is 11.6 Å². The fourth-order valence-corrected chi connectivity index (χ4v) is 4.69. The van der Waals surface area contributed by atoms with Crippen molar-refractivity contribution >= 4 is 17.6 Å². The molecule has 216 valence electrons. The Kier molecular flexibility index (Phi) is 7.94. The van der Waals surface area contributed by atoms with Crippen molar-refractivity contribution in [2.24, 2.45) is 0 Å². The van der Waals surface area contributed by atoms with Crippen LogP contribution in [0.15, 0.2) is 79.4 Å². The maximum atomic E-state index is 14.9. The molecule has 8 nitrogen and oxygen atoms in total. The lowest BCUT2D eigenvalue weighted by Crippen LogP contribution is -2.36. The van der Waals surface area contributed by atoms with Gasteiger partial charge in [0, 0.05) is 41.6 Å². The van der Waals surface area contributed by atoms with Gasteiger partial charge < -0.3 is 10.3 Å². The monoisotopic (exact) mass is 603 g/mol. The van der Waals surface area contributed by atoms with Gasteiger partial charge in [-0.3, -0.25) is 4.68 Å². The number of aromatic nitrogens is 5. The number of carboxylic acid groups (broad SMARTS) is 1. The molecular formula is C28H19ClF5N5O3. The summed E-state index contributed by atoms with van der Waals surface area (Å²) >= 11 is 5.83. The molecule has 42 heavy (non-hydrogen) atoms. The van der Waals surface area contributed by atoms with E-state index in [1.54, 1.807) is 18.3 Å². The lowest BCUT2D eigenvalue weighted by atomic mass is 9.99. The third kappa shape index (κ3) is 5.68. The Balaban J connectivity index is 1.57. The molecular weight excluding hydrogens is 585 g/mol. The third-order valence-electron chi connectivity index (χ3n) is 6.59. The molecule has 0 spiro atoms. The van der Waals surface area contributed by atoms with E-state index in [0.717, 1.165) is 24.5 Å². The number of rotatable bonds is 9. The number of pyridine rings is 1. The van der Waals surface area contributed by atoms with Gasteiger partial charge in [-0.25, -0.2) is 22.6 Å². The highest BCUT2D eigenvalue weighted by Gasteiger charge is 2.28. The van der Waals surface area contributed by atoms with Gasteiger partial charge in [0.15, 0.2) is 6.20 Å². The number of halogens is 6. The van der Waals surface area contributed by atoms with Crippen molar-refractivity contribution in [3.05, 3.63) is 118 Å². The topological polar surface area (TPSA) is 99.9 Å². The number of benzene rings is 2. The summed E-state index contributed by atoms with van der Waals surface area (Å²) < 4.78 is 70.7. The van der Waals surface area contributed by atoms with Crippen LogP contribution in [0, 0.1) is 11.0 Å². The average molecular weight is 604 g/mol. The average Bonchev–Trinajstić information content (AvgIpc) is 3.64. The van der Waals surface area contributed by atoms with Crippen molar-refractivity contribution in [2.75, 3.05) is 0 Å². The highest BCUT2D eigenvalue weighted by Crippen LogP contribution is 2.36. The first-order chi connectivity index (χ1) is 20.0. The molecule has 0 saturated heterocycles. The van der Waals surface area contributed by atoms with Crippen LogP contribution in [0.3, 0.4) is 0 Å². The molecule has 3 heterocycles. The van der Waals surface area contributed by atoms with Gasteiger partial charge in [0.2, 0.25) is 5.69 Å². The van der Waals surface area contributed by atoms with Gasteiger partial charge in [-0.2, -0.15) is 23.7 Å². The fourth-order valence-electron chi connectivity index (χ4n) is 4.53. The van der Waals surface area contributed by atoms with Gasteiger partial charge in [0.25, 0.3) is 6.43 Å². The molecule has 0 aliphatic rings. The molecule has 0 fully saturated rings. The van der Waals surface area contributed by atoms with Gasteiger partial charge in [-0.05, 0) is 35.9 Å². The van der Waals surface area contributed by atoms with Gasteiger partial charge in [-0.1, -0.05) is 29.8 Å². The summed E-state index contributed by atoms with van der Waals surface area (Å²) in [5.41, 5.74) is 0.175. The standard InChI is InChI=1S/C28H19ClF5N5O3/c29-21-7-6-20(26(31)32)24(25(21)30)17-5-8-22(39(42)14-17)23(11-19-9-10-37(36-19)28(33)34)38-13-18(12-35-38)15-1-3-16(4-2-15)27(40)41/h1-10,12-14,23,26,28H,11H2,(H,40,41)/t23-/m1/s1. The number of carboxylic acids is 1. The molecule has 0 aliphatic carbocycles. The SMILES string of the molecule is O=C(O)c1ccc(-c2cnn([C@H](Cc3ccn(C(F)F)n3)c3ccc(-c4c(C(F)F)ccc(Cl)c4F)c[n+]3[O-])c2)cc1. The zero-order chi connectivity index (χ0) is 30.1. The van der Waals surface area contributed by atoms with E-state index in [9.17, 15) is 32.0 Å². The molecule has 0 aliphatic heterocycles. The van der Waals surface area contributed by atoms with E-state index in [2.05, 4.69) is 10.2 Å². The molecule has 1 N–H and O–H groups in total. The van der Waals surface area contributed by atoms with Crippen LogP contribution in [0.1, 0.15) is 46.3 Å². The van der Waals surface area contributed by atoms with Crippen LogP contribution in [-0.4, -0.2) is 30.6 Å². The Hall–Kier alpha value is -4.78. The second-order valence-electron chi connectivity index (χ2n) is 9.17. The van der Waals surface area contributed by atoms with E-state index in [4.69, 9.17) is 16.7 Å². The number of carbonyl (C=O) groups is 1. The molecule has 0 radical (unpaired) electrons. The zero-order valence-corrected chi connectivity index (χ0v) is 22.0. The van der Waals surface area contributed by atoms with E-state index in [1.807, 2.05) is 0 Å². The molecule has 0 saturated carbocycles. The second kappa shape index (κ2) is 11.6. The Morgan fingerprint density at radius 1 is 0.976 bits per heavy atom. The van der Waals surface area contributed by atoms with Crippen LogP contribution in [0.25, 0.3) is 22.3 Å². The normalized spacial score (nSPS) is 12.3. The Morgan fingerprint density at radius 2 is 1.69 bits per heavy atom. The van der Waals surface area contributed by atoms with Gasteiger partial charge in [0.1, 0.15) is 11.9 Å². The predicted molar refractivity (Wildman–Crippen MR) is 141 cm³/mol. The maximum Gasteiger partial charge on any atom is 0.335 e. The molecule has 2 aromatic carbocycles. The smallest absolute Gasteiger partial charge is 0.335 e. The summed E-state index contributed by atoms with van der Waals surface area (Å²) in [5, 5.41) is 30.3. The Morgan fingerprint density at radius 3 is 2.31 bits per heavy atom. The predicted octanol–water partition coefficient (Wildman–Crippen LogP) is 6.70. The zero-order valence-electron chi connectivity index (χ0n) is 21.2. The van der Waals surface area contributed by atoms with Crippen molar-refractivity contribution in [3.63, 3.8) is 0 Å². The lowest BCUT2D eigenvalue weighted by Gasteiger charge is -2.18. The number of nitrogens with zero attached hydrogens (tertiary/aromatic N) is 5. The second-order valence-corrected chi connectivity index (χ2v) is 9.58. The molecule has 3 aromatic heterocycles. The van der Waals surface area contributed by atoms with Crippen LogP contribution in [0.5, 0.6) is 0 Å². The number of alkyl halides is 4. The summed E-state index contributed by atoms with van der Waals surface area (Å²) in [6.07, 6.45) is 1.93. The van der Waals surface area contributed by atoms with Crippen LogP contribution < -0.4 is 4.73 Å². The largest absolute Gasteiger partial charge is 0.618 e. The van der Waals surface area contributed by atoms with Gasteiger partial charge in [0.05, 0.1) is 28.0 Å². The number of aromatic carboxylic acids is 1. The summed E-state index contributed by atoms with van der Waals surface area (Å²) in [5.74, 6) is -2.20. The van der Waals surface area contributed by atoms with E-state index in [1.165, 1.54) is 41.2 Å². The first kappa shape index (κ1) is 28.7. The lowest BCUT2D eigenvalue weighted by molar-refractivity contribution is -0.615. The molecule has 5 rings (SSSR count). The highest BCUT2D eigenvalue weighted by molar-refractivity contribution is 6.31. The first-order valence-corrected chi connectivity index (χ1v) is 12.6. The van der Waals surface area contributed by atoms with E-state index in [-0.39, 0.29) is 28.9 Å². The van der Waals surface area contributed by atoms with E-state index in [0.29, 0.717) is 20.5 Å². The fraction of sp³-hybridized carbons (Fsp3) is 0.143. The minimum atomic E-state index is -3.05. The van der Waals surface area contributed by atoms with Crippen molar-refractivity contribution in [2.45, 2.75) is 25.4 Å². The summed E-state index contributed by atoms with van der Waals surface area (Å²) in [6, 6.07) is 11.0. The summed E-state index contributed by atoms with van der Waals surface area (Å²) in [4.78, 5) is 11.2. The minimum absolute atomic E-state index is 0.0299.